The number of rotatable bonds is 8. The van der Waals surface area contributed by atoms with Crippen molar-refractivity contribution in [2.45, 2.75) is 16.3 Å². The molecule has 1 fully saturated rings. The molecule has 0 saturated carbocycles. The zero-order chi connectivity index (χ0) is 20.8. The van der Waals surface area contributed by atoms with E-state index in [0.717, 1.165) is 16.2 Å². The van der Waals surface area contributed by atoms with Gasteiger partial charge in [-0.1, -0.05) is 35.1 Å². The lowest BCUT2D eigenvalue weighted by atomic mass is 10.1. The molecule has 0 aliphatic carbocycles. The van der Waals surface area contributed by atoms with E-state index < -0.39 is 17.9 Å². The first-order valence-electron chi connectivity index (χ1n) is 8.27. The monoisotopic (exact) mass is 453 g/mol. The second kappa shape index (κ2) is 9.72. The van der Waals surface area contributed by atoms with Crippen molar-refractivity contribution in [1.29, 1.82) is 0 Å². The number of oxime groups is 1. The Kier molecular flexibility index (Phi) is 7.07. The second-order valence-electron chi connectivity index (χ2n) is 5.65. The quantitative estimate of drug-likeness (QED) is 0.240. The lowest BCUT2D eigenvalue weighted by Gasteiger charge is -2.36. The normalized spacial score (nSPS) is 18.4. The van der Waals surface area contributed by atoms with Crippen molar-refractivity contribution in [2.24, 2.45) is 5.16 Å². The van der Waals surface area contributed by atoms with Gasteiger partial charge in [0.1, 0.15) is 30.1 Å². The molecule has 0 spiro atoms. The van der Waals surface area contributed by atoms with Crippen LogP contribution in [0.2, 0.25) is 0 Å². The highest BCUT2D eigenvalue weighted by Crippen LogP contribution is 2.28. The van der Waals surface area contributed by atoms with E-state index in [-0.39, 0.29) is 33.7 Å². The van der Waals surface area contributed by atoms with Crippen LogP contribution in [0.1, 0.15) is 5.69 Å². The number of nitrogens with one attached hydrogen (secondary N) is 3. The Morgan fingerprint density at radius 2 is 2.14 bits per heavy atom. The number of hydrogen-bond donors (Lipinski definition) is 3. The average Bonchev–Trinajstić information content (AvgIpc) is 3.18. The van der Waals surface area contributed by atoms with Gasteiger partial charge in [0.25, 0.3) is 5.91 Å². The van der Waals surface area contributed by atoms with Crippen LogP contribution in [-0.2, 0) is 19.2 Å². The molecule has 29 heavy (non-hydrogen) atoms. The van der Waals surface area contributed by atoms with Gasteiger partial charge >= 0.3 is 0 Å². The lowest BCUT2D eigenvalue weighted by molar-refractivity contribution is -0.132. The third-order valence-electron chi connectivity index (χ3n) is 3.67. The van der Waals surface area contributed by atoms with Gasteiger partial charge in [0.2, 0.25) is 11.8 Å². The minimum absolute atomic E-state index is 0.113. The molecule has 1 aromatic carbocycles. The molecule has 3 amide bonds. The smallest absolute Gasteiger partial charge is 0.276 e. The van der Waals surface area contributed by atoms with E-state index in [9.17, 15) is 14.4 Å². The maximum absolute atomic E-state index is 12.7. The molecule has 12 heteroatoms. The summed E-state index contributed by atoms with van der Waals surface area (Å²) >= 11 is 7.99. The van der Waals surface area contributed by atoms with Crippen molar-refractivity contribution in [1.82, 2.24) is 15.6 Å². The topological polar surface area (TPSA) is 122 Å². The number of halogens is 1. The summed E-state index contributed by atoms with van der Waals surface area (Å²) in [4.78, 5) is 45.9. The fourth-order valence-corrected chi connectivity index (χ4v) is 4.23. The van der Waals surface area contributed by atoms with Crippen molar-refractivity contribution in [3.63, 3.8) is 0 Å². The molecule has 2 heterocycles. The molecule has 0 bridgehead atoms. The molecule has 0 unspecified atom stereocenters. The van der Waals surface area contributed by atoms with E-state index in [1.165, 1.54) is 18.9 Å². The van der Waals surface area contributed by atoms with Gasteiger partial charge in [-0.25, -0.2) is 4.98 Å². The van der Waals surface area contributed by atoms with Gasteiger partial charge < -0.3 is 20.8 Å². The van der Waals surface area contributed by atoms with Crippen LogP contribution < -0.4 is 16.0 Å². The summed E-state index contributed by atoms with van der Waals surface area (Å²) in [5.74, 6) is -1.55. The van der Waals surface area contributed by atoms with Crippen molar-refractivity contribution >= 4 is 63.3 Å². The number of benzene rings is 1. The highest BCUT2D eigenvalue weighted by Gasteiger charge is 2.42. The van der Waals surface area contributed by atoms with Gasteiger partial charge in [0.15, 0.2) is 10.8 Å². The molecule has 1 aliphatic heterocycles. The number of aromatic nitrogens is 1. The predicted octanol–water partition coefficient (Wildman–Crippen LogP) is 1.40. The molecule has 2 atom stereocenters. The number of amides is 3. The van der Waals surface area contributed by atoms with Crippen LogP contribution in [0.4, 0.5) is 5.13 Å². The van der Waals surface area contributed by atoms with Gasteiger partial charge in [0.05, 0.1) is 0 Å². The highest BCUT2D eigenvalue weighted by molar-refractivity contribution is 8.00. The maximum atomic E-state index is 12.7. The summed E-state index contributed by atoms with van der Waals surface area (Å²) in [6.45, 7) is 0. The van der Waals surface area contributed by atoms with Crippen molar-refractivity contribution < 1.29 is 19.2 Å². The number of hydrogen-bond acceptors (Lipinski definition) is 8. The Bertz CT molecular complexity index is 937. The predicted molar refractivity (Wildman–Crippen MR) is 111 cm³/mol. The summed E-state index contributed by atoms with van der Waals surface area (Å²) in [7, 11) is 1.29. The van der Waals surface area contributed by atoms with Crippen LogP contribution in [-0.4, -0.2) is 52.8 Å². The highest BCUT2D eigenvalue weighted by atomic mass is 35.5. The van der Waals surface area contributed by atoms with Gasteiger partial charge in [0, 0.05) is 10.3 Å². The van der Waals surface area contributed by atoms with E-state index in [1.807, 2.05) is 30.3 Å². The number of carbonyl (C=O) groups is 3. The zero-order valence-electron chi connectivity index (χ0n) is 15.0. The number of carbonyl (C=O) groups excluding carboxylic acids is 3. The Balaban J connectivity index is 1.68. The van der Waals surface area contributed by atoms with Crippen LogP contribution in [0.15, 0.2) is 45.8 Å². The van der Waals surface area contributed by atoms with Crippen LogP contribution in [0.25, 0.3) is 0 Å². The third-order valence-corrected chi connectivity index (χ3v) is 5.86. The minimum atomic E-state index is -0.733. The average molecular weight is 454 g/mol. The number of β-lactam (4-membered cyclic amide) rings is 1. The molecule has 1 saturated heterocycles. The molecular weight excluding hydrogens is 438 g/mol. The first kappa shape index (κ1) is 21.1. The lowest BCUT2D eigenvalue weighted by Crippen LogP contribution is -2.68. The first-order chi connectivity index (χ1) is 14.0. The van der Waals surface area contributed by atoms with Gasteiger partial charge in [-0.3, -0.25) is 14.4 Å². The number of thiazole rings is 1. The Morgan fingerprint density at radius 3 is 2.79 bits per heavy atom. The first-order valence-corrected chi connectivity index (χ1v) is 10.6. The van der Waals surface area contributed by atoms with Crippen LogP contribution in [0.3, 0.4) is 0 Å². The minimum Gasteiger partial charge on any atom is -0.398 e. The number of nitrogens with zero attached hydrogens (tertiary/aromatic N) is 2. The fourth-order valence-electron chi connectivity index (χ4n) is 2.34. The van der Waals surface area contributed by atoms with E-state index in [4.69, 9.17) is 16.4 Å². The molecule has 3 N–H and O–H groups in total. The Hall–Kier alpha value is -2.63. The molecule has 3 rings (SSSR count). The molecular formula is C17H16ClN5O4S2. The van der Waals surface area contributed by atoms with E-state index in [0.29, 0.717) is 0 Å². The molecule has 1 aromatic heterocycles. The molecule has 2 aromatic rings. The maximum Gasteiger partial charge on any atom is 0.276 e. The number of alkyl halides is 1. The standard InChI is InChI=1S/C17H16ClN5O4S2/c1-27-23-12(10-8-28-17(19-10)20-11(24)7-18)14(25)21-13-15(26)22-16(13)29-9-5-3-2-4-6-9/h2-6,8,13,16H,7H2,1H3,(H,21,25)(H,22,26)(H,19,20,24)/t13-,16+/m1/s1. The molecule has 0 radical (unpaired) electrons. The summed E-state index contributed by atoms with van der Waals surface area (Å²) in [5, 5.41) is 13.1. The largest absolute Gasteiger partial charge is 0.398 e. The number of anilines is 1. The van der Waals surface area contributed by atoms with Gasteiger partial charge in [-0.05, 0) is 12.1 Å². The summed E-state index contributed by atoms with van der Waals surface area (Å²) in [6.07, 6.45) is 0. The van der Waals surface area contributed by atoms with Crippen LogP contribution in [0.5, 0.6) is 0 Å². The second-order valence-corrected chi connectivity index (χ2v) is 7.99. The van der Waals surface area contributed by atoms with E-state index in [1.54, 1.807) is 5.38 Å². The number of thioether (sulfide) groups is 1. The summed E-state index contributed by atoms with van der Waals surface area (Å²) < 4.78 is 0. The summed E-state index contributed by atoms with van der Waals surface area (Å²) in [5.41, 5.74) is 0.0875. The molecule has 1 aliphatic rings. The SMILES string of the molecule is CON=C(C(=O)N[C@@H]1C(=O)N[C@H]1Sc1ccccc1)c1csc(NC(=O)CCl)n1. The fraction of sp³-hybridized carbons (Fsp3) is 0.235. The van der Waals surface area contributed by atoms with Crippen molar-refractivity contribution in [2.75, 3.05) is 18.3 Å². The Labute approximate surface area is 179 Å². The van der Waals surface area contributed by atoms with Crippen molar-refractivity contribution in [3.8, 4) is 0 Å². The van der Waals surface area contributed by atoms with Gasteiger partial charge in [-0.15, -0.1) is 22.9 Å². The van der Waals surface area contributed by atoms with Crippen molar-refractivity contribution in [3.05, 3.63) is 41.4 Å². The molecule has 152 valence electrons. The third kappa shape index (κ3) is 5.25. The van der Waals surface area contributed by atoms with Crippen LogP contribution >= 0.6 is 34.7 Å². The molecule has 9 nitrogen and oxygen atoms in total. The zero-order valence-corrected chi connectivity index (χ0v) is 17.4. The summed E-state index contributed by atoms with van der Waals surface area (Å²) in [6, 6.07) is 8.78. The Morgan fingerprint density at radius 1 is 1.38 bits per heavy atom. The van der Waals surface area contributed by atoms with E-state index >= 15 is 0 Å². The van der Waals surface area contributed by atoms with E-state index in [2.05, 4.69) is 26.1 Å². The van der Waals surface area contributed by atoms with Gasteiger partial charge in [-0.2, -0.15) is 0 Å². The van der Waals surface area contributed by atoms with Crippen LogP contribution in [0, 0.1) is 0 Å².